The maximum atomic E-state index is 3.81. The van der Waals surface area contributed by atoms with Crippen molar-refractivity contribution in [1.82, 2.24) is 0 Å². The zero-order valence-corrected chi connectivity index (χ0v) is 9.41. The monoisotopic (exact) mass is 190 g/mol. The summed E-state index contributed by atoms with van der Waals surface area (Å²) in [5.74, 6) is 0. The van der Waals surface area contributed by atoms with Gasteiger partial charge in [-0.1, -0.05) is 18.7 Å². The van der Waals surface area contributed by atoms with E-state index in [1.54, 1.807) is 0 Å². The van der Waals surface area contributed by atoms with Gasteiger partial charge >= 0.3 is 0 Å². The maximum Gasteiger partial charge on any atom is 0.0455 e. The fourth-order valence-electron chi connectivity index (χ4n) is 1.37. The first-order valence-electron chi connectivity index (χ1n) is 4.67. The van der Waals surface area contributed by atoms with Gasteiger partial charge in [0, 0.05) is 39.6 Å². The molecule has 1 aromatic carbocycles. The summed E-state index contributed by atoms with van der Waals surface area (Å²) in [7, 11) is 8.17. The van der Waals surface area contributed by atoms with Crippen LogP contribution in [-0.4, -0.2) is 28.2 Å². The zero-order chi connectivity index (χ0) is 10.7. The van der Waals surface area contributed by atoms with Crippen molar-refractivity contribution in [2.24, 2.45) is 0 Å². The largest absolute Gasteiger partial charge is 0.378 e. The Labute approximate surface area is 86.5 Å². The van der Waals surface area contributed by atoms with Crippen LogP contribution in [-0.2, 0) is 0 Å². The lowest BCUT2D eigenvalue weighted by Crippen LogP contribution is -2.13. The van der Waals surface area contributed by atoms with E-state index in [9.17, 15) is 0 Å². The second kappa shape index (κ2) is 4.18. The summed E-state index contributed by atoms with van der Waals surface area (Å²) in [5, 5.41) is 0. The first-order chi connectivity index (χ1) is 6.56. The molecule has 0 aliphatic carbocycles. The zero-order valence-electron chi connectivity index (χ0n) is 9.41. The van der Waals surface area contributed by atoms with Crippen LogP contribution in [0.25, 0.3) is 6.08 Å². The van der Waals surface area contributed by atoms with Crippen molar-refractivity contribution in [3.63, 3.8) is 0 Å². The Hall–Kier alpha value is -1.44. The molecule has 0 radical (unpaired) electrons. The minimum atomic E-state index is 1.17. The second-order valence-electron chi connectivity index (χ2n) is 3.74. The average molecular weight is 190 g/mol. The molecule has 0 fully saturated rings. The van der Waals surface area contributed by atoms with Gasteiger partial charge in [0.25, 0.3) is 0 Å². The third kappa shape index (κ3) is 2.08. The van der Waals surface area contributed by atoms with Gasteiger partial charge in [0.2, 0.25) is 0 Å². The highest BCUT2D eigenvalue weighted by molar-refractivity contribution is 5.71. The molecule has 0 atom stereocenters. The van der Waals surface area contributed by atoms with Crippen LogP contribution in [0.3, 0.4) is 0 Å². The van der Waals surface area contributed by atoms with Crippen molar-refractivity contribution >= 4 is 17.5 Å². The highest BCUT2D eigenvalue weighted by Crippen LogP contribution is 2.25. The molecule has 0 aliphatic heterocycles. The number of anilines is 2. The van der Waals surface area contributed by atoms with Crippen molar-refractivity contribution in [3.8, 4) is 0 Å². The smallest absolute Gasteiger partial charge is 0.0455 e. The predicted octanol–water partition coefficient (Wildman–Crippen LogP) is 2.46. The standard InChI is InChI=1S/C12H18N2/c1-6-10-7-8-11(13(2)3)9-12(10)14(4)5/h6-9H,1H2,2-5H3. The molecular formula is C12H18N2. The van der Waals surface area contributed by atoms with E-state index in [-0.39, 0.29) is 0 Å². The Balaban J connectivity index is 3.20. The van der Waals surface area contributed by atoms with E-state index in [1.807, 2.05) is 34.3 Å². The first kappa shape index (κ1) is 10.6. The molecule has 14 heavy (non-hydrogen) atoms. The van der Waals surface area contributed by atoms with E-state index in [4.69, 9.17) is 0 Å². The average Bonchev–Trinajstić information content (AvgIpc) is 2.16. The summed E-state index contributed by atoms with van der Waals surface area (Å²) >= 11 is 0. The van der Waals surface area contributed by atoms with Gasteiger partial charge in [-0.2, -0.15) is 0 Å². The molecule has 0 spiro atoms. The molecular weight excluding hydrogens is 172 g/mol. The lowest BCUT2D eigenvalue weighted by Gasteiger charge is -2.20. The van der Waals surface area contributed by atoms with Gasteiger partial charge in [-0.25, -0.2) is 0 Å². The van der Waals surface area contributed by atoms with E-state index in [0.717, 1.165) is 0 Å². The number of hydrogen-bond acceptors (Lipinski definition) is 2. The van der Waals surface area contributed by atoms with Crippen molar-refractivity contribution in [1.29, 1.82) is 0 Å². The lowest BCUT2D eigenvalue weighted by atomic mass is 10.1. The Morgan fingerprint density at radius 3 is 2.14 bits per heavy atom. The Kier molecular flexibility index (Phi) is 3.18. The molecule has 0 aliphatic rings. The number of nitrogens with zero attached hydrogens (tertiary/aromatic N) is 2. The van der Waals surface area contributed by atoms with Crippen LogP contribution in [0.4, 0.5) is 11.4 Å². The molecule has 2 nitrogen and oxygen atoms in total. The van der Waals surface area contributed by atoms with Crippen LogP contribution in [0.15, 0.2) is 24.8 Å². The van der Waals surface area contributed by atoms with Crippen LogP contribution in [0, 0.1) is 0 Å². The van der Waals surface area contributed by atoms with Crippen molar-refractivity contribution in [2.75, 3.05) is 38.0 Å². The fourth-order valence-corrected chi connectivity index (χ4v) is 1.37. The third-order valence-electron chi connectivity index (χ3n) is 2.23. The second-order valence-corrected chi connectivity index (χ2v) is 3.74. The quantitative estimate of drug-likeness (QED) is 0.722. The predicted molar refractivity (Wildman–Crippen MR) is 65.2 cm³/mol. The van der Waals surface area contributed by atoms with Crippen LogP contribution in [0.2, 0.25) is 0 Å². The van der Waals surface area contributed by atoms with E-state index >= 15 is 0 Å². The van der Waals surface area contributed by atoms with Gasteiger partial charge in [-0.3, -0.25) is 0 Å². The van der Waals surface area contributed by atoms with Crippen LogP contribution in [0.1, 0.15) is 5.56 Å². The summed E-state index contributed by atoms with van der Waals surface area (Å²) in [4.78, 5) is 4.20. The summed E-state index contributed by atoms with van der Waals surface area (Å²) < 4.78 is 0. The molecule has 0 N–H and O–H groups in total. The van der Waals surface area contributed by atoms with Crippen LogP contribution < -0.4 is 9.80 Å². The third-order valence-corrected chi connectivity index (χ3v) is 2.23. The van der Waals surface area contributed by atoms with Gasteiger partial charge in [0.1, 0.15) is 0 Å². The molecule has 1 rings (SSSR count). The van der Waals surface area contributed by atoms with Gasteiger partial charge < -0.3 is 9.80 Å². The van der Waals surface area contributed by atoms with Crippen molar-refractivity contribution in [3.05, 3.63) is 30.3 Å². The molecule has 0 saturated heterocycles. The SMILES string of the molecule is C=Cc1ccc(N(C)C)cc1N(C)C. The summed E-state index contributed by atoms with van der Waals surface area (Å²) in [6, 6.07) is 6.36. The Morgan fingerprint density at radius 2 is 1.71 bits per heavy atom. The molecule has 0 unspecified atom stereocenters. The Bertz CT molecular complexity index is 327. The van der Waals surface area contributed by atoms with Gasteiger partial charge in [0.05, 0.1) is 0 Å². The topological polar surface area (TPSA) is 6.48 Å². The molecule has 0 heterocycles. The normalized spacial score (nSPS) is 9.71. The molecule has 0 aromatic heterocycles. The maximum absolute atomic E-state index is 3.81. The van der Waals surface area contributed by atoms with E-state index in [0.29, 0.717) is 0 Å². The highest BCUT2D eigenvalue weighted by Gasteiger charge is 2.03. The summed E-state index contributed by atoms with van der Waals surface area (Å²) in [6.07, 6.45) is 1.88. The Morgan fingerprint density at radius 1 is 1.07 bits per heavy atom. The van der Waals surface area contributed by atoms with E-state index < -0.39 is 0 Å². The van der Waals surface area contributed by atoms with E-state index in [1.165, 1.54) is 16.9 Å². The van der Waals surface area contributed by atoms with Gasteiger partial charge in [0.15, 0.2) is 0 Å². The van der Waals surface area contributed by atoms with Crippen molar-refractivity contribution < 1.29 is 0 Å². The van der Waals surface area contributed by atoms with Crippen LogP contribution in [0.5, 0.6) is 0 Å². The number of benzene rings is 1. The van der Waals surface area contributed by atoms with Crippen molar-refractivity contribution in [2.45, 2.75) is 0 Å². The molecule has 0 saturated carbocycles. The van der Waals surface area contributed by atoms with E-state index in [2.05, 4.69) is 34.6 Å². The highest BCUT2D eigenvalue weighted by atomic mass is 15.1. The van der Waals surface area contributed by atoms with Gasteiger partial charge in [-0.15, -0.1) is 0 Å². The number of rotatable bonds is 3. The minimum absolute atomic E-state index is 1.17. The summed E-state index contributed by atoms with van der Waals surface area (Å²) in [6.45, 7) is 3.81. The molecule has 0 amide bonds. The summed E-state index contributed by atoms with van der Waals surface area (Å²) in [5.41, 5.74) is 3.58. The van der Waals surface area contributed by atoms with Gasteiger partial charge in [-0.05, 0) is 17.7 Å². The number of hydrogen-bond donors (Lipinski definition) is 0. The molecule has 0 bridgehead atoms. The first-order valence-corrected chi connectivity index (χ1v) is 4.67. The molecule has 76 valence electrons. The fraction of sp³-hybridized carbons (Fsp3) is 0.333. The molecule has 1 aromatic rings. The molecule has 2 heteroatoms. The lowest BCUT2D eigenvalue weighted by molar-refractivity contribution is 1.10. The minimum Gasteiger partial charge on any atom is -0.378 e. The van der Waals surface area contributed by atoms with Crippen LogP contribution >= 0.6 is 0 Å².